The van der Waals surface area contributed by atoms with Crippen molar-refractivity contribution < 1.29 is 9.59 Å². The Balaban J connectivity index is 2.21. The number of fused-ring (bicyclic) bond motifs is 2. The zero-order chi connectivity index (χ0) is 13.6. The van der Waals surface area contributed by atoms with E-state index < -0.39 is 11.8 Å². The fourth-order valence-corrected chi connectivity index (χ4v) is 3.38. The molecule has 0 amide bonds. The fraction of sp³-hybridized carbons (Fsp3) is 0.200. The highest BCUT2D eigenvalue weighted by Gasteiger charge is 2.45. The number of hydrogen-bond donors (Lipinski definition) is 1. The van der Waals surface area contributed by atoms with Crippen molar-refractivity contribution in [3.05, 3.63) is 57.7 Å². The molecule has 0 aromatic heterocycles. The van der Waals surface area contributed by atoms with Crippen LogP contribution in [0.3, 0.4) is 0 Å². The smallest absolute Gasteiger partial charge is 0.173 e. The average Bonchev–Trinajstić information content (AvgIpc) is 2.44. The monoisotopic (exact) mass is 317 g/mol. The molecule has 0 bridgehead atoms. The quantitative estimate of drug-likeness (QED) is 0.866. The first kappa shape index (κ1) is 12.4. The molecule has 0 radical (unpaired) electrons. The molecule has 1 aromatic carbocycles. The van der Waals surface area contributed by atoms with Gasteiger partial charge in [-0.2, -0.15) is 0 Å². The molecule has 1 aromatic rings. The van der Waals surface area contributed by atoms with Gasteiger partial charge in [-0.25, -0.2) is 0 Å². The molecule has 4 heteroatoms. The Morgan fingerprint density at radius 3 is 2.16 bits per heavy atom. The Morgan fingerprint density at radius 1 is 1.00 bits per heavy atom. The lowest BCUT2D eigenvalue weighted by atomic mass is 9.71. The minimum absolute atomic E-state index is 0.00387. The molecule has 2 unspecified atom stereocenters. The van der Waals surface area contributed by atoms with Crippen molar-refractivity contribution in [1.82, 2.24) is 5.32 Å². The summed E-state index contributed by atoms with van der Waals surface area (Å²) in [5.74, 6) is -0.864. The molecular weight excluding hydrogens is 306 g/mol. The molecule has 2 atom stereocenters. The second-order valence-electron chi connectivity index (χ2n) is 4.65. The number of nitrogens with one attached hydrogen (secondary N) is 1. The first-order valence-electron chi connectivity index (χ1n) is 6.07. The van der Waals surface area contributed by atoms with Gasteiger partial charge in [-0.1, -0.05) is 40.2 Å². The molecule has 0 heterocycles. The number of carbonyl (C=O) groups excluding carboxylic acids is 2. The number of ketones is 2. The number of benzene rings is 1. The third-order valence-electron chi connectivity index (χ3n) is 3.70. The summed E-state index contributed by atoms with van der Waals surface area (Å²) in [6.45, 7) is 0. The molecule has 3 nitrogen and oxygen atoms in total. The summed E-state index contributed by atoms with van der Waals surface area (Å²) >= 11 is 3.42. The predicted octanol–water partition coefficient (Wildman–Crippen LogP) is 2.69. The summed E-state index contributed by atoms with van der Waals surface area (Å²) < 4.78 is 0.768. The van der Waals surface area contributed by atoms with E-state index in [-0.39, 0.29) is 11.6 Å². The van der Waals surface area contributed by atoms with Crippen molar-refractivity contribution in [2.24, 2.45) is 11.8 Å². The van der Waals surface area contributed by atoms with Crippen molar-refractivity contribution in [3.8, 4) is 0 Å². The van der Waals surface area contributed by atoms with E-state index in [2.05, 4.69) is 21.2 Å². The van der Waals surface area contributed by atoms with E-state index >= 15 is 0 Å². The fourth-order valence-electron chi connectivity index (χ4n) is 2.77. The van der Waals surface area contributed by atoms with Crippen molar-refractivity contribution in [2.75, 3.05) is 7.05 Å². The van der Waals surface area contributed by atoms with E-state index in [0.29, 0.717) is 11.1 Å². The van der Waals surface area contributed by atoms with Crippen LogP contribution < -0.4 is 5.32 Å². The third kappa shape index (κ3) is 1.70. The van der Waals surface area contributed by atoms with Gasteiger partial charge in [-0.15, -0.1) is 0 Å². The van der Waals surface area contributed by atoms with E-state index in [4.69, 9.17) is 0 Å². The zero-order valence-corrected chi connectivity index (χ0v) is 11.9. The second-order valence-corrected chi connectivity index (χ2v) is 5.57. The van der Waals surface area contributed by atoms with Crippen LogP contribution in [-0.4, -0.2) is 18.6 Å². The van der Waals surface area contributed by atoms with Gasteiger partial charge < -0.3 is 5.32 Å². The van der Waals surface area contributed by atoms with Crippen LogP contribution in [0.5, 0.6) is 0 Å². The molecule has 96 valence electrons. The number of Topliss-reactive ketones (excluding diaryl/α,β-unsaturated/α-hetero) is 2. The molecule has 0 saturated carbocycles. The van der Waals surface area contributed by atoms with Crippen molar-refractivity contribution in [1.29, 1.82) is 0 Å². The summed E-state index contributed by atoms with van der Waals surface area (Å²) in [6.07, 6.45) is 3.69. The highest BCUT2D eigenvalue weighted by molar-refractivity contribution is 9.11. The molecule has 19 heavy (non-hydrogen) atoms. The van der Waals surface area contributed by atoms with E-state index in [9.17, 15) is 9.59 Å². The molecule has 0 spiro atoms. The van der Waals surface area contributed by atoms with Crippen LogP contribution in [0.15, 0.2) is 46.6 Å². The Morgan fingerprint density at radius 2 is 1.58 bits per heavy atom. The van der Waals surface area contributed by atoms with E-state index in [1.54, 1.807) is 31.3 Å². The van der Waals surface area contributed by atoms with Crippen molar-refractivity contribution in [2.45, 2.75) is 0 Å². The molecule has 2 aliphatic carbocycles. The van der Waals surface area contributed by atoms with Crippen LogP contribution in [0.1, 0.15) is 20.7 Å². The molecule has 1 N–H and O–H groups in total. The summed E-state index contributed by atoms with van der Waals surface area (Å²) in [7, 11) is 1.77. The van der Waals surface area contributed by atoms with Gasteiger partial charge in [0.2, 0.25) is 0 Å². The maximum atomic E-state index is 12.6. The van der Waals surface area contributed by atoms with Gasteiger partial charge in [-0.3, -0.25) is 9.59 Å². The normalized spacial score (nSPS) is 25.2. The molecular formula is C15H12BrNO2. The number of hydrogen-bond acceptors (Lipinski definition) is 3. The van der Waals surface area contributed by atoms with E-state index in [0.717, 1.165) is 10.2 Å². The maximum absolute atomic E-state index is 12.6. The van der Waals surface area contributed by atoms with Crippen LogP contribution in [0.25, 0.3) is 0 Å². The summed E-state index contributed by atoms with van der Waals surface area (Å²) in [5.41, 5.74) is 1.84. The number of carbonyl (C=O) groups is 2. The van der Waals surface area contributed by atoms with Crippen LogP contribution >= 0.6 is 15.9 Å². The lowest BCUT2D eigenvalue weighted by Crippen LogP contribution is -2.41. The Kier molecular flexibility index (Phi) is 2.90. The second kappa shape index (κ2) is 4.46. The highest BCUT2D eigenvalue weighted by atomic mass is 79.9. The first-order chi connectivity index (χ1) is 9.15. The van der Waals surface area contributed by atoms with E-state index in [1.807, 2.05) is 12.2 Å². The first-order valence-corrected chi connectivity index (χ1v) is 6.87. The highest BCUT2D eigenvalue weighted by Crippen LogP contribution is 2.41. The van der Waals surface area contributed by atoms with Gasteiger partial charge in [0.05, 0.1) is 11.8 Å². The van der Waals surface area contributed by atoms with Gasteiger partial charge in [0, 0.05) is 28.4 Å². The number of allylic oxidation sites excluding steroid dienone is 4. The SMILES string of the molecule is CNC1=CC=C(Br)C2C(=O)c3ccccc3C(=O)C12. The standard InChI is InChI=1S/C15H12BrNO2/c1-17-11-7-6-10(16)12-13(11)15(19)9-5-3-2-4-8(9)14(12)18/h2-7,12-13,17H,1H3. The van der Waals surface area contributed by atoms with Gasteiger partial charge in [0.15, 0.2) is 11.6 Å². The van der Waals surface area contributed by atoms with Crippen LogP contribution in [0, 0.1) is 11.8 Å². The molecule has 0 fully saturated rings. The van der Waals surface area contributed by atoms with Gasteiger partial charge >= 0.3 is 0 Å². The topological polar surface area (TPSA) is 46.2 Å². The molecule has 2 aliphatic rings. The maximum Gasteiger partial charge on any atom is 0.173 e. The zero-order valence-electron chi connectivity index (χ0n) is 10.3. The number of rotatable bonds is 1. The Bertz CT molecular complexity index is 645. The van der Waals surface area contributed by atoms with Crippen LogP contribution in [0.2, 0.25) is 0 Å². The Labute approximate surface area is 119 Å². The van der Waals surface area contributed by atoms with Gasteiger partial charge in [0.1, 0.15) is 0 Å². The van der Waals surface area contributed by atoms with Crippen molar-refractivity contribution in [3.63, 3.8) is 0 Å². The summed E-state index contributed by atoms with van der Waals surface area (Å²) in [5, 5.41) is 3.03. The predicted molar refractivity (Wildman–Crippen MR) is 76.2 cm³/mol. The lowest BCUT2D eigenvalue weighted by molar-refractivity contribution is 0.0788. The third-order valence-corrected chi connectivity index (χ3v) is 4.46. The summed E-state index contributed by atoms with van der Waals surface area (Å²) in [6, 6.07) is 7.04. The largest absolute Gasteiger partial charge is 0.391 e. The molecule has 3 rings (SSSR count). The van der Waals surface area contributed by atoms with Crippen LogP contribution in [-0.2, 0) is 0 Å². The summed E-state index contributed by atoms with van der Waals surface area (Å²) in [4.78, 5) is 25.2. The Hall–Kier alpha value is -1.68. The average molecular weight is 318 g/mol. The van der Waals surface area contributed by atoms with E-state index in [1.165, 1.54) is 0 Å². The lowest BCUT2D eigenvalue weighted by Gasteiger charge is -2.34. The van der Waals surface area contributed by atoms with Gasteiger partial charge in [-0.05, 0) is 12.2 Å². The number of halogens is 1. The van der Waals surface area contributed by atoms with Crippen LogP contribution in [0.4, 0.5) is 0 Å². The molecule has 0 aliphatic heterocycles. The van der Waals surface area contributed by atoms with Gasteiger partial charge in [0.25, 0.3) is 0 Å². The molecule has 0 saturated heterocycles. The van der Waals surface area contributed by atoms with Crippen molar-refractivity contribution >= 4 is 27.5 Å². The minimum atomic E-state index is -0.438. The minimum Gasteiger partial charge on any atom is -0.391 e.